The maximum atomic E-state index is 13.4. The summed E-state index contributed by atoms with van der Waals surface area (Å²) in [5, 5.41) is 6.10. The van der Waals surface area contributed by atoms with Gasteiger partial charge >= 0.3 is 0 Å². The molecule has 0 amide bonds. The third kappa shape index (κ3) is 7.31. The van der Waals surface area contributed by atoms with E-state index < -0.39 is 0 Å². The molecule has 0 spiro atoms. The van der Waals surface area contributed by atoms with Crippen LogP contribution in [0.1, 0.15) is 52.8 Å². The third-order valence-electron chi connectivity index (χ3n) is 7.25. The first-order valence-corrected chi connectivity index (χ1v) is 16.1. The highest BCUT2D eigenvalue weighted by Gasteiger charge is 2.26. The van der Waals surface area contributed by atoms with Gasteiger partial charge in [0.25, 0.3) is 0 Å². The monoisotopic (exact) mass is 618 g/mol. The Hall–Kier alpha value is -4.36. The number of para-hydroxylation sites is 1. The van der Waals surface area contributed by atoms with Gasteiger partial charge in [0.05, 0.1) is 33.5 Å². The predicted molar refractivity (Wildman–Crippen MR) is 186 cm³/mol. The summed E-state index contributed by atoms with van der Waals surface area (Å²) in [6.07, 6.45) is 1.25. The number of ether oxygens (including phenoxy) is 1. The van der Waals surface area contributed by atoms with Gasteiger partial charge in [-0.15, -0.1) is 11.8 Å². The molecule has 0 unspecified atom stereocenters. The summed E-state index contributed by atoms with van der Waals surface area (Å²) >= 11 is 1.86. The van der Waals surface area contributed by atoms with Crippen molar-refractivity contribution in [2.24, 2.45) is 0 Å². The number of rotatable bonds is 8. The van der Waals surface area contributed by atoms with Gasteiger partial charge in [0.2, 0.25) is 0 Å². The lowest BCUT2D eigenvalue weighted by Crippen LogP contribution is -2.28. The van der Waals surface area contributed by atoms with E-state index in [0.29, 0.717) is 13.2 Å². The predicted octanol–water partition coefficient (Wildman–Crippen LogP) is 10.1. The highest BCUT2D eigenvalue weighted by molar-refractivity contribution is 8.01. The maximum Gasteiger partial charge on any atom is 0.141 e. The molecule has 3 aromatic carbocycles. The molecule has 3 aromatic heterocycles. The molecule has 6 aromatic rings. The fraction of sp³-hybridized carbons (Fsp3) is 0.263. The van der Waals surface area contributed by atoms with E-state index in [1.807, 2.05) is 36.0 Å². The lowest BCUT2D eigenvalue weighted by Gasteiger charge is -2.26. The number of pyridine rings is 2. The molecule has 45 heavy (non-hydrogen) atoms. The van der Waals surface area contributed by atoms with Crippen LogP contribution >= 0.6 is 11.8 Å². The standard InChI is InChI=1S/C38H39FN4OS/c1-37(2,3)42-36-35(45-38(4,5)6)31-21-30(44-24-29-17-15-26-9-7-8-10-33(26)41-29)18-20-34(31)43(36)23-25-11-13-27(14-12-25)32-19-16-28(39)22-40-32/h7-22,42H,23-24H2,1-6H3. The Balaban J connectivity index is 1.37. The summed E-state index contributed by atoms with van der Waals surface area (Å²) in [6.45, 7) is 14.4. The van der Waals surface area contributed by atoms with Crippen molar-refractivity contribution in [1.29, 1.82) is 0 Å². The van der Waals surface area contributed by atoms with Crippen molar-refractivity contribution < 1.29 is 9.13 Å². The average molecular weight is 619 g/mol. The van der Waals surface area contributed by atoms with Gasteiger partial charge in [-0.2, -0.15) is 0 Å². The summed E-state index contributed by atoms with van der Waals surface area (Å²) in [4.78, 5) is 10.2. The zero-order chi connectivity index (χ0) is 31.8. The SMILES string of the molecule is CC(C)(C)Nc1c(SC(C)(C)C)c2cc(OCc3ccc4ccccc4n3)ccc2n1Cc1ccc(-c2ccc(F)cn2)cc1. The highest BCUT2D eigenvalue weighted by Crippen LogP contribution is 2.45. The number of fused-ring (bicyclic) bond motifs is 2. The molecule has 230 valence electrons. The zero-order valence-corrected chi connectivity index (χ0v) is 27.5. The molecule has 0 saturated heterocycles. The van der Waals surface area contributed by atoms with Crippen molar-refractivity contribution in [3.8, 4) is 17.0 Å². The van der Waals surface area contributed by atoms with Crippen LogP contribution in [0.5, 0.6) is 5.75 Å². The highest BCUT2D eigenvalue weighted by atomic mass is 32.2. The minimum absolute atomic E-state index is 0.0108. The van der Waals surface area contributed by atoms with Gasteiger partial charge in [-0.05, 0) is 68.8 Å². The van der Waals surface area contributed by atoms with Gasteiger partial charge in [0.15, 0.2) is 0 Å². The van der Waals surface area contributed by atoms with Crippen LogP contribution in [-0.4, -0.2) is 24.8 Å². The lowest BCUT2D eigenvalue weighted by molar-refractivity contribution is 0.302. The minimum atomic E-state index is -0.337. The summed E-state index contributed by atoms with van der Waals surface area (Å²) in [5.74, 6) is 1.57. The summed E-state index contributed by atoms with van der Waals surface area (Å²) < 4.78 is 22.1. The van der Waals surface area contributed by atoms with Crippen molar-refractivity contribution in [1.82, 2.24) is 14.5 Å². The van der Waals surface area contributed by atoms with E-state index in [0.717, 1.165) is 55.9 Å². The summed E-state index contributed by atoms with van der Waals surface area (Å²) in [5.41, 5.74) is 5.70. The number of anilines is 1. The second-order valence-corrected chi connectivity index (χ2v) is 15.2. The van der Waals surface area contributed by atoms with E-state index in [1.165, 1.54) is 17.2 Å². The molecule has 6 rings (SSSR count). The van der Waals surface area contributed by atoms with E-state index in [2.05, 4.69) is 111 Å². The van der Waals surface area contributed by atoms with Gasteiger partial charge in [0, 0.05) is 33.2 Å². The molecule has 7 heteroatoms. The first kappa shape index (κ1) is 30.7. The van der Waals surface area contributed by atoms with Crippen LogP contribution in [0.25, 0.3) is 33.1 Å². The van der Waals surface area contributed by atoms with E-state index in [4.69, 9.17) is 9.72 Å². The molecule has 3 heterocycles. The van der Waals surface area contributed by atoms with Crippen LogP contribution in [0.15, 0.2) is 102 Å². The largest absolute Gasteiger partial charge is 0.487 e. The van der Waals surface area contributed by atoms with Crippen LogP contribution in [0.2, 0.25) is 0 Å². The second-order valence-electron chi connectivity index (χ2n) is 13.4. The Morgan fingerprint density at radius 2 is 1.64 bits per heavy atom. The summed E-state index contributed by atoms with van der Waals surface area (Å²) in [6, 6.07) is 30.1. The Morgan fingerprint density at radius 1 is 0.867 bits per heavy atom. The van der Waals surface area contributed by atoms with E-state index in [9.17, 15) is 4.39 Å². The first-order valence-electron chi connectivity index (χ1n) is 15.2. The molecular weight excluding hydrogens is 580 g/mol. The van der Waals surface area contributed by atoms with E-state index >= 15 is 0 Å². The number of hydrogen-bond donors (Lipinski definition) is 1. The molecule has 0 saturated carbocycles. The number of aromatic nitrogens is 3. The normalized spacial score (nSPS) is 12.2. The molecule has 5 nitrogen and oxygen atoms in total. The summed E-state index contributed by atoms with van der Waals surface area (Å²) in [7, 11) is 0. The van der Waals surface area contributed by atoms with Crippen molar-refractivity contribution in [2.75, 3.05) is 5.32 Å². The Kier molecular flexibility index (Phi) is 8.31. The third-order valence-corrected chi connectivity index (χ3v) is 8.48. The fourth-order valence-electron chi connectivity index (χ4n) is 5.30. The molecule has 0 radical (unpaired) electrons. The second kappa shape index (κ2) is 12.2. The Morgan fingerprint density at radius 3 is 2.36 bits per heavy atom. The van der Waals surface area contributed by atoms with Crippen molar-refractivity contribution >= 4 is 39.4 Å². The molecule has 0 aliphatic carbocycles. The molecular formula is C38H39FN4OS. The smallest absolute Gasteiger partial charge is 0.141 e. The van der Waals surface area contributed by atoms with Gasteiger partial charge in [-0.25, -0.2) is 9.37 Å². The molecule has 0 aliphatic heterocycles. The topological polar surface area (TPSA) is 52.0 Å². The maximum absolute atomic E-state index is 13.4. The molecule has 0 bridgehead atoms. The van der Waals surface area contributed by atoms with Crippen molar-refractivity contribution in [3.05, 3.63) is 114 Å². The van der Waals surface area contributed by atoms with Crippen molar-refractivity contribution in [2.45, 2.75) is 69.9 Å². The molecule has 0 aliphatic rings. The van der Waals surface area contributed by atoms with Gasteiger partial charge in [-0.3, -0.25) is 4.98 Å². The van der Waals surface area contributed by atoms with Crippen LogP contribution in [0.3, 0.4) is 0 Å². The van der Waals surface area contributed by atoms with Crippen LogP contribution in [0.4, 0.5) is 10.2 Å². The molecule has 1 N–H and O–H groups in total. The number of halogens is 1. The Labute approximate surface area is 268 Å². The van der Waals surface area contributed by atoms with Gasteiger partial charge in [-0.1, -0.05) is 69.3 Å². The van der Waals surface area contributed by atoms with Crippen LogP contribution < -0.4 is 10.1 Å². The van der Waals surface area contributed by atoms with Gasteiger partial charge < -0.3 is 14.6 Å². The average Bonchev–Trinajstić information content (AvgIpc) is 3.25. The van der Waals surface area contributed by atoms with E-state index in [1.54, 1.807) is 6.07 Å². The first-order chi connectivity index (χ1) is 21.4. The molecule has 0 atom stereocenters. The number of thioether (sulfide) groups is 1. The van der Waals surface area contributed by atoms with Crippen LogP contribution in [-0.2, 0) is 13.2 Å². The van der Waals surface area contributed by atoms with E-state index in [-0.39, 0.29) is 16.1 Å². The fourth-order valence-corrected chi connectivity index (χ4v) is 6.45. The Bertz CT molecular complexity index is 1950. The quantitative estimate of drug-likeness (QED) is 0.172. The van der Waals surface area contributed by atoms with Crippen molar-refractivity contribution in [3.63, 3.8) is 0 Å². The number of nitrogens with zero attached hydrogens (tertiary/aromatic N) is 3. The minimum Gasteiger partial charge on any atom is -0.487 e. The molecule has 0 fully saturated rings. The number of nitrogens with one attached hydrogen (secondary N) is 1. The van der Waals surface area contributed by atoms with Gasteiger partial charge in [0.1, 0.15) is 24.0 Å². The van der Waals surface area contributed by atoms with Crippen LogP contribution in [0, 0.1) is 5.82 Å². The number of benzene rings is 3. The zero-order valence-electron chi connectivity index (χ0n) is 26.7. The number of hydrogen-bond acceptors (Lipinski definition) is 5. The lowest BCUT2D eigenvalue weighted by atomic mass is 10.1.